The summed E-state index contributed by atoms with van der Waals surface area (Å²) in [4.78, 5) is 8.46. The number of guanidine groups is 1. The zero-order valence-corrected chi connectivity index (χ0v) is 10.3. The normalized spacial score (nSPS) is 11.6. The van der Waals surface area contributed by atoms with Crippen molar-refractivity contribution in [3.63, 3.8) is 0 Å². The van der Waals surface area contributed by atoms with Crippen molar-refractivity contribution in [1.29, 1.82) is 0 Å². The summed E-state index contributed by atoms with van der Waals surface area (Å²) in [5.74, 6) is 6.81. The third-order valence-corrected chi connectivity index (χ3v) is 2.25. The molecule has 0 bridgehead atoms. The van der Waals surface area contributed by atoms with Crippen molar-refractivity contribution < 1.29 is 4.74 Å². The minimum Gasteiger partial charge on any atom is -0.385 e. The lowest BCUT2D eigenvalue weighted by Gasteiger charge is -2.08. The molecule has 0 atom stereocenters. The molecule has 1 aromatic heterocycles. The van der Waals surface area contributed by atoms with Gasteiger partial charge in [0.25, 0.3) is 0 Å². The summed E-state index contributed by atoms with van der Waals surface area (Å²) >= 11 is 0. The predicted molar refractivity (Wildman–Crippen MR) is 66.2 cm³/mol. The summed E-state index contributed by atoms with van der Waals surface area (Å²) in [5, 5.41) is 3.08. The Morgan fingerprint density at radius 3 is 3.06 bits per heavy atom. The van der Waals surface area contributed by atoms with Crippen LogP contribution in [0.1, 0.15) is 12.2 Å². The van der Waals surface area contributed by atoms with Crippen molar-refractivity contribution in [3.8, 4) is 0 Å². The highest BCUT2D eigenvalue weighted by molar-refractivity contribution is 5.79. The number of aryl methyl sites for hydroxylation is 1. The third-order valence-electron chi connectivity index (χ3n) is 2.25. The van der Waals surface area contributed by atoms with Gasteiger partial charge in [-0.25, -0.2) is 15.8 Å². The first kappa shape index (κ1) is 13.5. The molecule has 0 aromatic carbocycles. The summed E-state index contributed by atoms with van der Waals surface area (Å²) in [5.41, 5.74) is 2.52. The molecule has 4 N–H and O–H groups in total. The monoisotopic (exact) mass is 240 g/mol. The number of hydrogen-bond donors (Lipinski definition) is 3. The minimum atomic E-state index is 0.486. The van der Waals surface area contributed by atoms with E-state index in [2.05, 4.69) is 20.7 Å². The molecule has 0 aliphatic rings. The van der Waals surface area contributed by atoms with Gasteiger partial charge in [0.1, 0.15) is 12.4 Å². The van der Waals surface area contributed by atoms with E-state index in [1.54, 1.807) is 13.3 Å². The van der Waals surface area contributed by atoms with Gasteiger partial charge in [0.15, 0.2) is 0 Å². The molecule has 7 heteroatoms. The fraction of sp³-hybridized carbons (Fsp3) is 0.600. The number of nitrogens with one attached hydrogen (secondary N) is 2. The number of ether oxygens (including phenoxy) is 1. The molecule has 0 saturated heterocycles. The number of nitrogens with zero attached hydrogens (tertiary/aromatic N) is 3. The van der Waals surface area contributed by atoms with Gasteiger partial charge in [-0.3, -0.25) is 5.43 Å². The van der Waals surface area contributed by atoms with Gasteiger partial charge in [-0.05, 0) is 6.42 Å². The van der Waals surface area contributed by atoms with Crippen LogP contribution < -0.4 is 16.6 Å². The molecule has 17 heavy (non-hydrogen) atoms. The summed E-state index contributed by atoms with van der Waals surface area (Å²) < 4.78 is 6.87. The Hall–Kier alpha value is -1.60. The van der Waals surface area contributed by atoms with Crippen molar-refractivity contribution in [2.45, 2.75) is 13.0 Å². The summed E-state index contributed by atoms with van der Waals surface area (Å²) in [6, 6.07) is 0. The topological polar surface area (TPSA) is 89.5 Å². The summed E-state index contributed by atoms with van der Waals surface area (Å²) in [7, 11) is 3.61. The second-order valence-corrected chi connectivity index (χ2v) is 3.54. The van der Waals surface area contributed by atoms with Crippen LogP contribution in [0, 0.1) is 0 Å². The molecule has 0 aliphatic heterocycles. The second kappa shape index (κ2) is 7.64. The number of rotatable bonds is 6. The molecule has 0 fully saturated rings. The Balaban J connectivity index is 2.36. The Kier molecular flexibility index (Phi) is 6.05. The van der Waals surface area contributed by atoms with Crippen LogP contribution >= 0.6 is 0 Å². The number of methoxy groups -OCH3 is 1. The minimum absolute atomic E-state index is 0.486. The summed E-state index contributed by atoms with van der Waals surface area (Å²) in [6.45, 7) is 1.96. The van der Waals surface area contributed by atoms with Crippen LogP contribution in [-0.4, -0.2) is 35.8 Å². The first-order valence-corrected chi connectivity index (χ1v) is 5.48. The molecule has 7 nitrogen and oxygen atoms in total. The van der Waals surface area contributed by atoms with E-state index >= 15 is 0 Å². The van der Waals surface area contributed by atoms with E-state index in [-0.39, 0.29) is 0 Å². The second-order valence-electron chi connectivity index (χ2n) is 3.54. The highest BCUT2D eigenvalue weighted by Crippen LogP contribution is 1.95. The van der Waals surface area contributed by atoms with Gasteiger partial charge in [-0.2, -0.15) is 0 Å². The van der Waals surface area contributed by atoms with Crippen molar-refractivity contribution in [3.05, 3.63) is 18.2 Å². The van der Waals surface area contributed by atoms with Crippen molar-refractivity contribution in [2.24, 2.45) is 17.9 Å². The third kappa shape index (κ3) is 4.83. The molecule has 1 aromatic rings. The zero-order valence-electron chi connectivity index (χ0n) is 10.3. The Bertz CT molecular complexity index is 348. The molecular weight excluding hydrogens is 220 g/mol. The van der Waals surface area contributed by atoms with E-state index in [9.17, 15) is 0 Å². The number of aromatic nitrogens is 2. The lowest BCUT2D eigenvalue weighted by molar-refractivity contribution is 0.195. The first-order valence-electron chi connectivity index (χ1n) is 5.48. The molecule has 0 spiro atoms. The van der Waals surface area contributed by atoms with Crippen molar-refractivity contribution in [1.82, 2.24) is 20.3 Å². The van der Waals surface area contributed by atoms with Crippen LogP contribution in [0.5, 0.6) is 0 Å². The molecule has 96 valence electrons. The van der Waals surface area contributed by atoms with E-state index in [0.29, 0.717) is 19.1 Å². The molecule has 0 unspecified atom stereocenters. The van der Waals surface area contributed by atoms with E-state index < -0.39 is 0 Å². The zero-order chi connectivity index (χ0) is 12.5. The van der Waals surface area contributed by atoms with Crippen molar-refractivity contribution >= 4 is 5.96 Å². The van der Waals surface area contributed by atoms with E-state index in [1.165, 1.54) is 0 Å². The quantitative estimate of drug-likeness (QED) is 0.202. The molecular formula is C10H20N6O. The first-order chi connectivity index (χ1) is 8.27. The molecule has 0 saturated carbocycles. The van der Waals surface area contributed by atoms with E-state index in [4.69, 9.17) is 10.6 Å². The van der Waals surface area contributed by atoms with Crippen molar-refractivity contribution in [2.75, 3.05) is 20.3 Å². The Labute approximate surface area is 101 Å². The fourth-order valence-electron chi connectivity index (χ4n) is 1.27. The van der Waals surface area contributed by atoms with Gasteiger partial charge >= 0.3 is 0 Å². The lowest BCUT2D eigenvalue weighted by Crippen LogP contribution is -2.42. The number of aliphatic imine (C=N–C) groups is 1. The number of hydrogen-bond acceptors (Lipinski definition) is 4. The maximum absolute atomic E-state index is 5.36. The highest BCUT2D eigenvalue weighted by atomic mass is 16.5. The van der Waals surface area contributed by atoms with Gasteiger partial charge in [-0.15, -0.1) is 0 Å². The number of imidazole rings is 1. The van der Waals surface area contributed by atoms with Crippen LogP contribution in [0.15, 0.2) is 17.4 Å². The molecule has 0 aliphatic carbocycles. The number of hydrazine groups is 1. The van der Waals surface area contributed by atoms with Crippen LogP contribution in [-0.2, 0) is 18.3 Å². The van der Waals surface area contributed by atoms with E-state index in [1.807, 2.05) is 17.8 Å². The molecule has 0 amide bonds. The van der Waals surface area contributed by atoms with Gasteiger partial charge in [0, 0.05) is 39.7 Å². The van der Waals surface area contributed by atoms with Gasteiger partial charge < -0.3 is 14.6 Å². The highest BCUT2D eigenvalue weighted by Gasteiger charge is 1.99. The molecule has 0 radical (unpaired) electrons. The van der Waals surface area contributed by atoms with Gasteiger partial charge in [-0.1, -0.05) is 0 Å². The van der Waals surface area contributed by atoms with Crippen LogP contribution in [0.3, 0.4) is 0 Å². The number of nitrogens with two attached hydrogens (primary N) is 1. The fourth-order valence-corrected chi connectivity index (χ4v) is 1.27. The maximum Gasteiger partial charge on any atom is 0.206 e. The Morgan fingerprint density at radius 2 is 2.47 bits per heavy atom. The average Bonchev–Trinajstić information content (AvgIpc) is 2.74. The Morgan fingerprint density at radius 1 is 1.65 bits per heavy atom. The standard InChI is InChI=1S/C10H20N6O/c1-16-6-5-12-9(16)8-14-10(15-11)13-4-3-7-17-2/h5-6H,3-4,7-8,11H2,1-2H3,(H2,13,14,15). The largest absolute Gasteiger partial charge is 0.385 e. The SMILES string of the molecule is COCCCNC(=NCc1nccn1C)NN. The lowest BCUT2D eigenvalue weighted by atomic mass is 10.4. The van der Waals surface area contributed by atoms with Crippen LogP contribution in [0.2, 0.25) is 0 Å². The van der Waals surface area contributed by atoms with Gasteiger partial charge in [0.05, 0.1) is 0 Å². The van der Waals surface area contributed by atoms with Crippen LogP contribution in [0.4, 0.5) is 0 Å². The maximum atomic E-state index is 5.36. The summed E-state index contributed by atoms with van der Waals surface area (Å²) in [6.07, 6.45) is 4.53. The van der Waals surface area contributed by atoms with Crippen LogP contribution in [0.25, 0.3) is 0 Å². The average molecular weight is 240 g/mol. The molecule has 1 rings (SSSR count). The van der Waals surface area contributed by atoms with E-state index in [0.717, 1.165) is 18.8 Å². The smallest absolute Gasteiger partial charge is 0.206 e. The predicted octanol–water partition coefficient (Wildman–Crippen LogP) is -0.634. The molecule has 1 heterocycles. The van der Waals surface area contributed by atoms with Gasteiger partial charge in [0.2, 0.25) is 5.96 Å².